The highest BCUT2D eigenvalue weighted by Crippen LogP contribution is 2.14. The first-order valence-corrected chi connectivity index (χ1v) is 5.09. The fourth-order valence-corrected chi connectivity index (χ4v) is 1.16. The van der Waals surface area contributed by atoms with Gasteiger partial charge >= 0.3 is 0 Å². The van der Waals surface area contributed by atoms with E-state index < -0.39 is 0 Å². The van der Waals surface area contributed by atoms with Crippen molar-refractivity contribution in [2.24, 2.45) is 0 Å². The quantitative estimate of drug-likeness (QED) is 0.827. The average Bonchev–Trinajstić information content (AvgIpc) is 2.76. The molecule has 84 valence electrons. The van der Waals surface area contributed by atoms with E-state index in [1.165, 1.54) is 0 Å². The van der Waals surface area contributed by atoms with Crippen molar-refractivity contribution in [2.75, 3.05) is 0 Å². The molecule has 16 heavy (non-hydrogen) atoms. The molecule has 2 aromatic rings. The van der Waals surface area contributed by atoms with E-state index in [1.807, 2.05) is 0 Å². The molecule has 0 aromatic carbocycles. The molecule has 1 N–H and O–H groups in total. The summed E-state index contributed by atoms with van der Waals surface area (Å²) in [7, 11) is 0. The summed E-state index contributed by atoms with van der Waals surface area (Å²) in [5.74, 6) is 1.11. The van der Waals surface area contributed by atoms with Gasteiger partial charge in [-0.1, -0.05) is 19.0 Å². The second kappa shape index (κ2) is 4.80. The maximum Gasteiger partial charge on any atom is 0.259 e. The second-order valence-electron chi connectivity index (χ2n) is 3.68. The summed E-state index contributed by atoms with van der Waals surface area (Å²) in [5, 5.41) is 14.5. The van der Waals surface area contributed by atoms with Crippen LogP contribution in [0.25, 0.3) is 11.5 Å². The summed E-state index contributed by atoms with van der Waals surface area (Å²) < 4.78 is 5.11. The van der Waals surface area contributed by atoms with Crippen molar-refractivity contribution >= 4 is 0 Å². The zero-order chi connectivity index (χ0) is 11.4. The van der Waals surface area contributed by atoms with Gasteiger partial charge in [-0.15, -0.1) is 0 Å². The number of rotatable bonds is 4. The van der Waals surface area contributed by atoms with E-state index in [-0.39, 0.29) is 0 Å². The van der Waals surface area contributed by atoms with Gasteiger partial charge in [-0.05, 0) is 6.07 Å². The Bertz CT molecular complexity index is 439. The van der Waals surface area contributed by atoms with E-state index in [2.05, 4.69) is 39.5 Å². The highest BCUT2D eigenvalue weighted by atomic mass is 16.5. The lowest BCUT2D eigenvalue weighted by molar-refractivity contribution is 0.417. The van der Waals surface area contributed by atoms with Crippen LogP contribution in [0.1, 0.15) is 19.7 Å². The van der Waals surface area contributed by atoms with Gasteiger partial charge in [-0.25, -0.2) is 0 Å². The summed E-state index contributed by atoms with van der Waals surface area (Å²) in [6.45, 7) is 4.72. The summed E-state index contributed by atoms with van der Waals surface area (Å²) in [4.78, 5) is 4.24. The van der Waals surface area contributed by atoms with Crippen LogP contribution in [0.2, 0.25) is 0 Å². The van der Waals surface area contributed by atoms with Crippen molar-refractivity contribution < 1.29 is 4.52 Å². The van der Waals surface area contributed by atoms with Crippen molar-refractivity contribution in [3.63, 3.8) is 0 Å². The molecule has 0 saturated carbocycles. The second-order valence-corrected chi connectivity index (χ2v) is 3.68. The molecule has 0 saturated heterocycles. The molecule has 2 heterocycles. The molecule has 0 aliphatic carbocycles. The third-order valence-corrected chi connectivity index (χ3v) is 1.97. The van der Waals surface area contributed by atoms with E-state index in [0.717, 1.165) is 5.56 Å². The first-order valence-electron chi connectivity index (χ1n) is 5.09. The average molecular weight is 219 g/mol. The molecule has 0 unspecified atom stereocenters. The van der Waals surface area contributed by atoms with Crippen LogP contribution in [0.4, 0.5) is 0 Å². The van der Waals surface area contributed by atoms with Gasteiger partial charge in [-0.2, -0.15) is 15.2 Å². The van der Waals surface area contributed by atoms with Crippen LogP contribution < -0.4 is 5.32 Å². The van der Waals surface area contributed by atoms with Crippen LogP contribution >= 0.6 is 0 Å². The lowest BCUT2D eigenvalue weighted by Gasteiger charge is -2.03. The Kier molecular flexibility index (Phi) is 3.21. The van der Waals surface area contributed by atoms with Crippen LogP contribution in [0.5, 0.6) is 0 Å². The number of hydrogen-bond acceptors (Lipinski definition) is 6. The molecule has 6 nitrogen and oxygen atoms in total. The molecule has 0 atom stereocenters. The lowest BCUT2D eigenvalue weighted by Crippen LogP contribution is -2.22. The van der Waals surface area contributed by atoms with Crippen LogP contribution in [0.3, 0.4) is 0 Å². The topological polar surface area (TPSA) is 76.7 Å². The molecule has 0 fully saturated rings. The highest BCUT2D eigenvalue weighted by molar-refractivity contribution is 5.49. The standard InChI is InChI=1S/C10H13N5O/c1-7(2)11-6-9-14-10(16-15-9)8-3-4-12-13-5-8/h3-5,7,11H,6H2,1-2H3. The van der Waals surface area contributed by atoms with E-state index in [1.54, 1.807) is 18.5 Å². The molecule has 0 aliphatic rings. The Morgan fingerprint density at radius 1 is 1.38 bits per heavy atom. The Morgan fingerprint density at radius 2 is 2.25 bits per heavy atom. The monoisotopic (exact) mass is 219 g/mol. The molecular weight excluding hydrogens is 206 g/mol. The number of hydrogen-bond donors (Lipinski definition) is 1. The molecular formula is C10H13N5O. The maximum atomic E-state index is 5.11. The Morgan fingerprint density at radius 3 is 2.94 bits per heavy atom. The number of aromatic nitrogens is 4. The highest BCUT2D eigenvalue weighted by Gasteiger charge is 2.08. The van der Waals surface area contributed by atoms with E-state index >= 15 is 0 Å². The molecule has 0 amide bonds. The predicted molar refractivity (Wildman–Crippen MR) is 57.3 cm³/mol. The normalized spacial score (nSPS) is 10.9. The molecule has 2 rings (SSSR count). The Balaban J connectivity index is 2.08. The Hall–Kier alpha value is -1.82. The molecule has 6 heteroatoms. The Labute approximate surface area is 93.1 Å². The van der Waals surface area contributed by atoms with Crippen LogP contribution in [0, 0.1) is 0 Å². The van der Waals surface area contributed by atoms with Crippen LogP contribution in [-0.2, 0) is 6.54 Å². The smallest absolute Gasteiger partial charge is 0.259 e. The van der Waals surface area contributed by atoms with Gasteiger partial charge < -0.3 is 9.84 Å². The van der Waals surface area contributed by atoms with Gasteiger partial charge in [0.2, 0.25) is 0 Å². The van der Waals surface area contributed by atoms with Crippen molar-refractivity contribution in [1.29, 1.82) is 0 Å². The minimum absolute atomic E-state index is 0.393. The van der Waals surface area contributed by atoms with E-state index in [4.69, 9.17) is 4.52 Å². The zero-order valence-electron chi connectivity index (χ0n) is 9.21. The van der Waals surface area contributed by atoms with Gasteiger partial charge in [0, 0.05) is 6.04 Å². The number of nitrogens with one attached hydrogen (secondary N) is 1. The lowest BCUT2D eigenvalue weighted by atomic mass is 10.3. The largest absolute Gasteiger partial charge is 0.334 e. The van der Waals surface area contributed by atoms with E-state index in [0.29, 0.717) is 24.3 Å². The SMILES string of the molecule is CC(C)NCc1noc(-c2ccnnc2)n1. The van der Waals surface area contributed by atoms with Crippen molar-refractivity contribution in [1.82, 2.24) is 25.7 Å². The molecule has 0 bridgehead atoms. The zero-order valence-corrected chi connectivity index (χ0v) is 9.21. The molecule has 0 aliphatic heterocycles. The molecule has 2 aromatic heterocycles. The van der Waals surface area contributed by atoms with Gasteiger partial charge in [0.15, 0.2) is 5.82 Å². The first kappa shape index (κ1) is 10.7. The maximum absolute atomic E-state index is 5.11. The fraction of sp³-hybridized carbons (Fsp3) is 0.400. The van der Waals surface area contributed by atoms with Crippen molar-refractivity contribution in [2.45, 2.75) is 26.4 Å². The molecule has 0 spiro atoms. The van der Waals surface area contributed by atoms with Gasteiger partial charge in [0.05, 0.1) is 24.5 Å². The van der Waals surface area contributed by atoms with Crippen LogP contribution in [-0.4, -0.2) is 26.4 Å². The summed E-state index contributed by atoms with van der Waals surface area (Å²) in [6, 6.07) is 2.17. The van der Waals surface area contributed by atoms with Gasteiger partial charge in [-0.3, -0.25) is 0 Å². The number of nitrogens with zero attached hydrogens (tertiary/aromatic N) is 4. The minimum atomic E-state index is 0.393. The van der Waals surface area contributed by atoms with Gasteiger partial charge in [0.1, 0.15) is 0 Å². The van der Waals surface area contributed by atoms with Crippen molar-refractivity contribution in [3.05, 3.63) is 24.3 Å². The third kappa shape index (κ3) is 2.60. The van der Waals surface area contributed by atoms with Crippen molar-refractivity contribution in [3.8, 4) is 11.5 Å². The minimum Gasteiger partial charge on any atom is -0.334 e. The van der Waals surface area contributed by atoms with Crippen LogP contribution in [0.15, 0.2) is 23.0 Å². The fourth-order valence-electron chi connectivity index (χ4n) is 1.16. The third-order valence-electron chi connectivity index (χ3n) is 1.97. The summed E-state index contributed by atoms with van der Waals surface area (Å²) in [6.07, 6.45) is 3.18. The summed E-state index contributed by atoms with van der Waals surface area (Å²) >= 11 is 0. The first-order chi connectivity index (χ1) is 7.75. The van der Waals surface area contributed by atoms with E-state index in [9.17, 15) is 0 Å². The predicted octanol–water partition coefficient (Wildman–Crippen LogP) is 1.02. The van der Waals surface area contributed by atoms with Gasteiger partial charge in [0.25, 0.3) is 5.89 Å². The molecule has 0 radical (unpaired) electrons. The summed E-state index contributed by atoms with van der Waals surface area (Å²) in [5.41, 5.74) is 0.776.